The Morgan fingerprint density at radius 2 is 1.90 bits per heavy atom. The van der Waals surface area contributed by atoms with Gasteiger partial charge in [-0.1, -0.05) is 12.1 Å². The van der Waals surface area contributed by atoms with E-state index in [1.54, 1.807) is 6.26 Å². The number of fused-ring (bicyclic) bond motifs is 1. The van der Waals surface area contributed by atoms with Gasteiger partial charge in [-0.25, -0.2) is 12.7 Å². The Morgan fingerprint density at radius 3 is 2.55 bits per heavy atom. The number of carbonyl (C=O) groups excluding carboxylic acids is 1. The minimum Gasteiger partial charge on any atom is -0.495 e. The van der Waals surface area contributed by atoms with Gasteiger partial charge in [0.2, 0.25) is 15.9 Å². The summed E-state index contributed by atoms with van der Waals surface area (Å²) in [6.07, 6.45) is 1.67. The van der Waals surface area contributed by atoms with E-state index in [-0.39, 0.29) is 17.2 Å². The number of methoxy groups -OCH3 is 1. The zero-order valence-electron chi connectivity index (χ0n) is 17.1. The predicted octanol–water partition coefficient (Wildman–Crippen LogP) is 3.49. The molecule has 154 valence electrons. The molecule has 0 atom stereocenters. The van der Waals surface area contributed by atoms with E-state index >= 15 is 0 Å². The summed E-state index contributed by atoms with van der Waals surface area (Å²) in [6, 6.07) is 8.29. The summed E-state index contributed by atoms with van der Waals surface area (Å²) in [5.74, 6) is 0.0724. The molecule has 0 bridgehead atoms. The number of nitrogens with zero attached hydrogens (tertiary/aromatic N) is 1. The fraction of sp³-hybridized carbons (Fsp3) is 0.286. The highest BCUT2D eigenvalue weighted by Crippen LogP contribution is 2.30. The molecular weight excluding hydrogens is 392 g/mol. The number of nitrogens with one attached hydrogen (secondary N) is 1. The summed E-state index contributed by atoms with van der Waals surface area (Å²) < 4.78 is 36.8. The van der Waals surface area contributed by atoms with Crippen molar-refractivity contribution in [2.75, 3.05) is 26.5 Å². The number of anilines is 1. The van der Waals surface area contributed by atoms with Gasteiger partial charge in [0.15, 0.2) is 0 Å². The summed E-state index contributed by atoms with van der Waals surface area (Å²) in [7, 11) is 0.722. The Balaban J connectivity index is 1.88. The molecule has 1 N–H and O–H groups in total. The smallest absolute Gasteiger partial charge is 0.242 e. The Kier molecular flexibility index (Phi) is 5.68. The average Bonchev–Trinajstić information content (AvgIpc) is 3.07. The lowest BCUT2D eigenvalue weighted by Gasteiger charge is -2.15. The quantitative estimate of drug-likeness (QED) is 0.664. The summed E-state index contributed by atoms with van der Waals surface area (Å²) in [5, 5.41) is 3.64. The second-order valence-corrected chi connectivity index (χ2v) is 9.17. The summed E-state index contributed by atoms with van der Waals surface area (Å²) in [4.78, 5) is 12.7. The molecule has 0 saturated heterocycles. The van der Waals surface area contributed by atoms with Gasteiger partial charge in [-0.15, -0.1) is 0 Å². The van der Waals surface area contributed by atoms with Crippen molar-refractivity contribution in [3.63, 3.8) is 0 Å². The van der Waals surface area contributed by atoms with E-state index in [2.05, 4.69) is 5.32 Å². The first-order valence-electron chi connectivity index (χ1n) is 9.02. The number of aryl methyl sites for hydroxylation is 2. The van der Waals surface area contributed by atoms with E-state index in [4.69, 9.17) is 9.15 Å². The average molecular weight is 416 g/mol. The zero-order chi connectivity index (χ0) is 21.3. The molecule has 7 nitrogen and oxygen atoms in total. The van der Waals surface area contributed by atoms with Crippen LogP contribution in [0.15, 0.2) is 45.9 Å². The number of amides is 1. The van der Waals surface area contributed by atoms with Gasteiger partial charge in [0, 0.05) is 25.0 Å². The van der Waals surface area contributed by atoms with Crippen LogP contribution >= 0.6 is 0 Å². The Bertz CT molecular complexity index is 1180. The number of carbonyl (C=O) groups is 1. The van der Waals surface area contributed by atoms with Crippen molar-refractivity contribution < 1.29 is 22.4 Å². The van der Waals surface area contributed by atoms with Crippen LogP contribution in [0, 0.1) is 13.8 Å². The van der Waals surface area contributed by atoms with Gasteiger partial charge < -0.3 is 14.5 Å². The highest BCUT2D eigenvalue weighted by molar-refractivity contribution is 7.89. The number of hydrogen-bond acceptors (Lipinski definition) is 5. The van der Waals surface area contributed by atoms with Crippen LogP contribution in [-0.2, 0) is 21.2 Å². The lowest BCUT2D eigenvalue weighted by Crippen LogP contribution is -2.22. The van der Waals surface area contributed by atoms with Crippen LogP contribution in [0.5, 0.6) is 5.75 Å². The first-order valence-corrected chi connectivity index (χ1v) is 10.5. The Hall–Kier alpha value is -2.84. The normalized spacial score (nSPS) is 11.8. The molecule has 0 aliphatic carbocycles. The Labute approximate surface area is 170 Å². The third kappa shape index (κ3) is 3.99. The molecule has 0 fully saturated rings. The number of rotatable bonds is 6. The summed E-state index contributed by atoms with van der Waals surface area (Å²) >= 11 is 0. The number of benzene rings is 2. The van der Waals surface area contributed by atoms with Gasteiger partial charge in [0.25, 0.3) is 0 Å². The lowest BCUT2D eigenvalue weighted by atomic mass is 10.0. The van der Waals surface area contributed by atoms with Gasteiger partial charge in [0.1, 0.15) is 11.3 Å². The molecule has 1 aromatic heterocycles. The zero-order valence-corrected chi connectivity index (χ0v) is 17.9. The fourth-order valence-corrected chi connectivity index (χ4v) is 3.98. The monoisotopic (exact) mass is 416 g/mol. The highest BCUT2D eigenvalue weighted by Gasteiger charge is 2.20. The molecule has 3 rings (SSSR count). The SMILES string of the molecule is COc1ccc(S(=O)(=O)N(C)C)cc1NC(=O)Cc1coc2c(C)c(C)ccc12. The van der Waals surface area contributed by atoms with Gasteiger partial charge in [-0.05, 0) is 43.2 Å². The largest absolute Gasteiger partial charge is 0.495 e. The molecule has 1 heterocycles. The minimum atomic E-state index is -3.64. The molecule has 0 spiro atoms. The molecule has 0 aliphatic rings. The molecule has 8 heteroatoms. The van der Waals surface area contributed by atoms with Gasteiger partial charge in [-0.2, -0.15) is 0 Å². The van der Waals surface area contributed by atoms with Crippen LogP contribution in [0.25, 0.3) is 11.0 Å². The van der Waals surface area contributed by atoms with E-state index in [1.807, 2.05) is 26.0 Å². The number of ether oxygens (including phenoxy) is 1. The van der Waals surface area contributed by atoms with E-state index in [0.717, 1.165) is 32.0 Å². The van der Waals surface area contributed by atoms with Crippen molar-refractivity contribution in [3.8, 4) is 5.75 Å². The predicted molar refractivity (Wildman–Crippen MR) is 112 cm³/mol. The van der Waals surface area contributed by atoms with Crippen molar-refractivity contribution in [3.05, 3.63) is 53.3 Å². The fourth-order valence-electron chi connectivity index (χ4n) is 3.05. The molecule has 3 aromatic rings. The van der Waals surface area contributed by atoms with Gasteiger partial charge in [-0.3, -0.25) is 4.79 Å². The second kappa shape index (κ2) is 7.88. The van der Waals surface area contributed by atoms with Crippen LogP contribution in [0.4, 0.5) is 5.69 Å². The van der Waals surface area contributed by atoms with Crippen molar-refractivity contribution in [1.29, 1.82) is 0 Å². The third-order valence-corrected chi connectivity index (χ3v) is 6.73. The van der Waals surface area contributed by atoms with E-state index in [0.29, 0.717) is 11.4 Å². The van der Waals surface area contributed by atoms with E-state index < -0.39 is 10.0 Å². The highest BCUT2D eigenvalue weighted by atomic mass is 32.2. The maximum Gasteiger partial charge on any atom is 0.242 e. The van der Waals surface area contributed by atoms with Gasteiger partial charge in [0.05, 0.1) is 30.4 Å². The maximum absolute atomic E-state index is 12.7. The lowest BCUT2D eigenvalue weighted by molar-refractivity contribution is -0.115. The van der Waals surface area contributed by atoms with Crippen molar-refractivity contribution >= 4 is 32.6 Å². The molecule has 2 aromatic carbocycles. The number of hydrogen-bond donors (Lipinski definition) is 1. The van der Waals surface area contributed by atoms with Crippen LogP contribution in [0.3, 0.4) is 0 Å². The van der Waals surface area contributed by atoms with Crippen molar-refractivity contribution in [1.82, 2.24) is 4.31 Å². The number of sulfonamides is 1. The molecule has 0 saturated carbocycles. The second-order valence-electron chi connectivity index (χ2n) is 7.02. The topological polar surface area (TPSA) is 88.9 Å². The summed E-state index contributed by atoms with van der Waals surface area (Å²) in [5.41, 5.74) is 3.98. The van der Waals surface area contributed by atoms with Crippen LogP contribution in [0.1, 0.15) is 16.7 Å². The first-order chi connectivity index (χ1) is 13.6. The molecular formula is C21H24N2O5S. The van der Waals surface area contributed by atoms with Gasteiger partial charge >= 0.3 is 0 Å². The molecule has 1 amide bonds. The molecule has 29 heavy (non-hydrogen) atoms. The molecule has 0 aliphatic heterocycles. The van der Waals surface area contributed by atoms with Crippen molar-refractivity contribution in [2.45, 2.75) is 25.2 Å². The maximum atomic E-state index is 12.7. The van der Waals surface area contributed by atoms with E-state index in [1.165, 1.54) is 39.4 Å². The number of furan rings is 1. The Morgan fingerprint density at radius 1 is 1.17 bits per heavy atom. The first kappa shape index (κ1) is 20.9. The molecule has 0 radical (unpaired) electrons. The van der Waals surface area contributed by atoms with Crippen molar-refractivity contribution in [2.24, 2.45) is 0 Å². The van der Waals surface area contributed by atoms with Crippen LogP contribution in [0.2, 0.25) is 0 Å². The minimum absolute atomic E-state index is 0.0680. The van der Waals surface area contributed by atoms with Crippen LogP contribution < -0.4 is 10.1 Å². The third-order valence-electron chi connectivity index (χ3n) is 4.92. The standard InChI is InChI=1S/C21H24N2O5S/c1-13-6-8-17-15(12-28-21(17)14(13)2)10-20(24)22-18-11-16(7-9-19(18)27-5)29(25,26)23(3)4/h6-9,11-12H,10H2,1-5H3,(H,22,24). The molecule has 0 unspecified atom stereocenters. The summed E-state index contributed by atoms with van der Waals surface area (Å²) in [6.45, 7) is 3.98. The van der Waals surface area contributed by atoms with Crippen LogP contribution in [-0.4, -0.2) is 39.8 Å². The van der Waals surface area contributed by atoms with E-state index in [9.17, 15) is 13.2 Å².